The molecular weight excluding hydrogens is 310 g/mol. The number of halogens is 1. The minimum Gasteiger partial charge on any atom is -0.371 e. The van der Waals surface area contributed by atoms with Crippen molar-refractivity contribution in [1.82, 2.24) is 4.90 Å². The molecule has 1 amide bonds. The van der Waals surface area contributed by atoms with Crippen molar-refractivity contribution in [3.05, 3.63) is 53.8 Å². The van der Waals surface area contributed by atoms with Crippen LogP contribution in [0.3, 0.4) is 0 Å². The Hall–Kier alpha value is -2.07. The highest BCUT2D eigenvalue weighted by Crippen LogP contribution is 2.19. The number of amides is 1. The zero-order valence-electron chi connectivity index (χ0n) is 14.1. The van der Waals surface area contributed by atoms with Gasteiger partial charge in [-0.15, -0.1) is 0 Å². The maximum absolute atomic E-state index is 11.4. The van der Waals surface area contributed by atoms with Gasteiger partial charge in [-0.05, 0) is 44.5 Å². The monoisotopic (exact) mass is 333 g/mol. The zero-order valence-corrected chi connectivity index (χ0v) is 14.8. The van der Waals surface area contributed by atoms with E-state index in [-0.39, 0.29) is 0 Å². The summed E-state index contributed by atoms with van der Waals surface area (Å²) in [5.41, 5.74) is 2.03. The molecule has 1 aromatic rings. The molecule has 23 heavy (non-hydrogen) atoms. The SMILES string of the molecule is C=C(N=C(C)N(C=O)c1ccc(Cl)cc1)C(=C)N(CC)CCC. The molecule has 1 aromatic carbocycles. The van der Waals surface area contributed by atoms with Crippen LogP contribution in [-0.4, -0.2) is 30.2 Å². The highest BCUT2D eigenvalue weighted by Gasteiger charge is 2.12. The fourth-order valence-electron chi connectivity index (χ4n) is 2.18. The van der Waals surface area contributed by atoms with Crippen LogP contribution in [0.2, 0.25) is 5.02 Å². The van der Waals surface area contributed by atoms with E-state index in [1.165, 1.54) is 4.90 Å². The number of amidine groups is 1. The number of likely N-dealkylation sites (N-methyl/N-ethyl adjacent to an activating group) is 1. The molecule has 0 saturated carbocycles. The molecule has 0 fully saturated rings. The van der Waals surface area contributed by atoms with Gasteiger partial charge >= 0.3 is 0 Å². The standard InChI is InChI=1S/C18H24ClN3O/c1-6-12-21(7-2)15(4)14(3)20-16(5)22(13-23)18-10-8-17(19)9-11-18/h8-11,13H,3-4,6-7,12H2,1-2,5H3. The van der Waals surface area contributed by atoms with E-state index in [0.717, 1.165) is 31.6 Å². The first-order valence-corrected chi connectivity index (χ1v) is 8.00. The van der Waals surface area contributed by atoms with E-state index in [9.17, 15) is 4.79 Å². The van der Waals surface area contributed by atoms with Crippen LogP contribution in [-0.2, 0) is 4.79 Å². The van der Waals surface area contributed by atoms with Crippen LogP contribution in [0.4, 0.5) is 5.69 Å². The number of anilines is 1. The first-order valence-electron chi connectivity index (χ1n) is 7.63. The molecule has 0 saturated heterocycles. The van der Waals surface area contributed by atoms with Gasteiger partial charge in [-0.1, -0.05) is 31.7 Å². The lowest BCUT2D eigenvalue weighted by molar-refractivity contribution is -0.106. The van der Waals surface area contributed by atoms with Gasteiger partial charge in [0.05, 0.1) is 11.4 Å². The summed E-state index contributed by atoms with van der Waals surface area (Å²) in [6, 6.07) is 6.99. The highest BCUT2D eigenvalue weighted by atomic mass is 35.5. The van der Waals surface area contributed by atoms with E-state index in [1.54, 1.807) is 31.2 Å². The van der Waals surface area contributed by atoms with E-state index in [4.69, 9.17) is 11.6 Å². The van der Waals surface area contributed by atoms with Crippen molar-refractivity contribution in [2.24, 2.45) is 4.99 Å². The van der Waals surface area contributed by atoms with Crippen molar-refractivity contribution >= 4 is 29.5 Å². The summed E-state index contributed by atoms with van der Waals surface area (Å²) in [5.74, 6) is 0.529. The Morgan fingerprint density at radius 3 is 2.35 bits per heavy atom. The molecule has 0 aliphatic rings. The summed E-state index contributed by atoms with van der Waals surface area (Å²) in [4.78, 5) is 19.4. The third kappa shape index (κ3) is 5.25. The number of hydrogen-bond donors (Lipinski definition) is 0. The normalized spacial score (nSPS) is 11.0. The first kappa shape index (κ1) is 19.0. The van der Waals surface area contributed by atoms with Crippen LogP contribution in [0.15, 0.2) is 53.8 Å². The minimum absolute atomic E-state index is 0.529. The lowest BCUT2D eigenvalue weighted by atomic mass is 10.3. The Balaban J connectivity index is 2.95. The molecule has 0 radical (unpaired) electrons. The molecule has 0 N–H and O–H groups in total. The van der Waals surface area contributed by atoms with Crippen LogP contribution < -0.4 is 4.90 Å². The van der Waals surface area contributed by atoms with Gasteiger partial charge in [0.15, 0.2) is 0 Å². The molecule has 0 heterocycles. The topological polar surface area (TPSA) is 35.9 Å². The van der Waals surface area contributed by atoms with Crippen LogP contribution in [0.5, 0.6) is 0 Å². The van der Waals surface area contributed by atoms with Crippen LogP contribution >= 0.6 is 11.6 Å². The van der Waals surface area contributed by atoms with Gasteiger partial charge in [-0.3, -0.25) is 9.69 Å². The van der Waals surface area contributed by atoms with Gasteiger partial charge in [-0.2, -0.15) is 0 Å². The van der Waals surface area contributed by atoms with Gasteiger partial charge in [0.25, 0.3) is 0 Å². The molecule has 0 aliphatic carbocycles. The number of carbonyl (C=O) groups excluding carboxylic acids is 1. The van der Waals surface area contributed by atoms with Gasteiger partial charge in [0.2, 0.25) is 6.41 Å². The quantitative estimate of drug-likeness (QED) is 0.304. The fourth-order valence-corrected chi connectivity index (χ4v) is 2.30. The van der Waals surface area contributed by atoms with Crippen LogP contribution in [0, 0.1) is 0 Å². The molecule has 0 atom stereocenters. The molecule has 4 nitrogen and oxygen atoms in total. The highest BCUT2D eigenvalue weighted by molar-refractivity contribution is 6.30. The Morgan fingerprint density at radius 2 is 1.87 bits per heavy atom. The van der Waals surface area contributed by atoms with Crippen molar-refractivity contribution in [3.63, 3.8) is 0 Å². The Labute approximate surface area is 143 Å². The maximum Gasteiger partial charge on any atom is 0.219 e. The summed E-state index contributed by atoms with van der Waals surface area (Å²) in [7, 11) is 0. The summed E-state index contributed by atoms with van der Waals surface area (Å²) in [5, 5.41) is 0.616. The molecule has 1 rings (SSSR count). The summed E-state index contributed by atoms with van der Waals surface area (Å²) >= 11 is 5.88. The van der Waals surface area contributed by atoms with Gasteiger partial charge in [0.1, 0.15) is 5.84 Å². The number of benzene rings is 1. The third-order valence-electron chi connectivity index (χ3n) is 3.45. The molecular formula is C18H24ClN3O. The zero-order chi connectivity index (χ0) is 17.4. The Morgan fingerprint density at radius 1 is 1.26 bits per heavy atom. The number of nitrogens with zero attached hydrogens (tertiary/aromatic N) is 3. The lowest BCUT2D eigenvalue weighted by Crippen LogP contribution is -2.28. The van der Waals surface area contributed by atoms with E-state index in [0.29, 0.717) is 22.2 Å². The predicted octanol–water partition coefficient (Wildman–Crippen LogP) is 4.48. The van der Waals surface area contributed by atoms with Crippen LogP contribution in [0.1, 0.15) is 27.2 Å². The van der Waals surface area contributed by atoms with E-state index >= 15 is 0 Å². The Bertz CT molecular complexity index is 593. The largest absolute Gasteiger partial charge is 0.371 e. The molecule has 0 aromatic heterocycles. The second-order valence-corrected chi connectivity index (χ2v) is 5.52. The predicted molar refractivity (Wildman–Crippen MR) is 98.9 cm³/mol. The number of aliphatic imine (C=N–C) groups is 1. The Kier molecular flexibility index (Phi) is 7.55. The third-order valence-corrected chi connectivity index (χ3v) is 3.70. The lowest BCUT2D eigenvalue weighted by Gasteiger charge is -2.25. The molecule has 5 heteroatoms. The van der Waals surface area contributed by atoms with E-state index in [2.05, 4.69) is 36.9 Å². The molecule has 0 bridgehead atoms. The smallest absolute Gasteiger partial charge is 0.219 e. The number of hydrogen-bond acceptors (Lipinski definition) is 3. The average molecular weight is 334 g/mol. The van der Waals surface area contributed by atoms with Gasteiger partial charge in [0, 0.05) is 23.8 Å². The molecule has 124 valence electrons. The molecule has 0 spiro atoms. The van der Waals surface area contributed by atoms with Crippen molar-refractivity contribution < 1.29 is 4.79 Å². The number of rotatable bonds is 8. The van der Waals surface area contributed by atoms with Crippen molar-refractivity contribution in [3.8, 4) is 0 Å². The second-order valence-electron chi connectivity index (χ2n) is 5.08. The molecule has 0 unspecified atom stereocenters. The number of carbonyl (C=O) groups is 1. The fraction of sp³-hybridized carbons (Fsp3) is 0.333. The van der Waals surface area contributed by atoms with Gasteiger partial charge < -0.3 is 4.90 Å². The first-order chi connectivity index (χ1) is 10.9. The maximum atomic E-state index is 11.4. The van der Waals surface area contributed by atoms with Gasteiger partial charge in [-0.25, -0.2) is 4.99 Å². The van der Waals surface area contributed by atoms with Crippen LogP contribution in [0.25, 0.3) is 0 Å². The van der Waals surface area contributed by atoms with Crippen molar-refractivity contribution in [2.75, 3.05) is 18.0 Å². The summed E-state index contributed by atoms with van der Waals surface area (Å²) < 4.78 is 0. The van der Waals surface area contributed by atoms with Crippen molar-refractivity contribution in [2.45, 2.75) is 27.2 Å². The second kappa shape index (κ2) is 9.16. The molecule has 0 aliphatic heterocycles. The van der Waals surface area contributed by atoms with E-state index < -0.39 is 0 Å². The minimum atomic E-state index is 0.529. The van der Waals surface area contributed by atoms with E-state index in [1.807, 2.05) is 0 Å². The average Bonchev–Trinajstić information content (AvgIpc) is 2.54. The van der Waals surface area contributed by atoms with Crippen molar-refractivity contribution in [1.29, 1.82) is 0 Å². The summed E-state index contributed by atoms with van der Waals surface area (Å²) in [6.45, 7) is 15.7. The summed E-state index contributed by atoms with van der Waals surface area (Å²) in [6.07, 6.45) is 1.75.